The number of likely N-dealkylation sites (N-methyl/N-ethyl adjacent to an activating group) is 1. The molecule has 0 saturated carbocycles. The van der Waals surface area contributed by atoms with E-state index in [9.17, 15) is 0 Å². The highest BCUT2D eigenvalue weighted by molar-refractivity contribution is 7.18. The Morgan fingerprint density at radius 1 is 1.44 bits per heavy atom. The lowest BCUT2D eigenvalue weighted by atomic mass is 10.3. The third kappa shape index (κ3) is 2.91. The van der Waals surface area contributed by atoms with E-state index in [4.69, 9.17) is 16.3 Å². The average molecular weight is 286 g/mol. The quantitative estimate of drug-likeness (QED) is 0.625. The minimum Gasteiger partial charge on any atom is -0.380 e. The van der Waals surface area contributed by atoms with Gasteiger partial charge in [-0.3, -0.25) is 0 Å². The third-order valence-electron chi connectivity index (χ3n) is 2.61. The lowest BCUT2D eigenvalue weighted by molar-refractivity contribution is 0.154. The van der Waals surface area contributed by atoms with Gasteiger partial charge >= 0.3 is 0 Å². The summed E-state index contributed by atoms with van der Waals surface area (Å²) in [5.41, 5.74) is 0. The van der Waals surface area contributed by atoms with Gasteiger partial charge in [0.1, 0.15) is 10.6 Å². The van der Waals surface area contributed by atoms with Gasteiger partial charge in [0, 0.05) is 25.1 Å². The molecule has 0 N–H and O–H groups in total. The smallest absolute Gasteiger partial charge is 0.225 e. The summed E-state index contributed by atoms with van der Waals surface area (Å²) in [6.45, 7) is 6.24. The van der Waals surface area contributed by atoms with Crippen molar-refractivity contribution in [2.75, 3.05) is 31.7 Å². The van der Waals surface area contributed by atoms with Crippen molar-refractivity contribution in [3.05, 3.63) is 16.2 Å². The molecule has 18 heavy (non-hydrogen) atoms. The first-order valence-electron chi connectivity index (χ1n) is 5.84. The van der Waals surface area contributed by atoms with Gasteiger partial charge in [0.05, 0.1) is 12.0 Å². The summed E-state index contributed by atoms with van der Waals surface area (Å²) in [7, 11) is 1.99. The van der Waals surface area contributed by atoms with Crippen LogP contribution in [0.15, 0.2) is 6.07 Å². The van der Waals surface area contributed by atoms with Gasteiger partial charge in [-0.05, 0) is 31.5 Å². The summed E-state index contributed by atoms with van der Waals surface area (Å²) in [4.78, 5) is 12.8. The molecule has 2 aromatic rings. The van der Waals surface area contributed by atoms with Crippen LogP contribution in [-0.2, 0) is 4.74 Å². The highest BCUT2D eigenvalue weighted by Gasteiger charge is 2.13. The Balaban J connectivity index is 2.30. The van der Waals surface area contributed by atoms with Gasteiger partial charge in [-0.25, -0.2) is 4.98 Å². The normalized spacial score (nSPS) is 11.1. The van der Waals surface area contributed by atoms with E-state index in [1.165, 1.54) is 4.88 Å². The second-order valence-electron chi connectivity index (χ2n) is 4.01. The largest absolute Gasteiger partial charge is 0.380 e. The van der Waals surface area contributed by atoms with Crippen molar-refractivity contribution in [1.82, 2.24) is 9.97 Å². The van der Waals surface area contributed by atoms with Crippen molar-refractivity contribution >= 4 is 39.0 Å². The minimum atomic E-state index is 0.294. The molecule has 0 fully saturated rings. The molecule has 0 atom stereocenters. The van der Waals surface area contributed by atoms with E-state index >= 15 is 0 Å². The van der Waals surface area contributed by atoms with Crippen LogP contribution in [0, 0.1) is 6.92 Å². The number of aryl methyl sites for hydroxylation is 1. The topological polar surface area (TPSA) is 38.2 Å². The number of hydrogen-bond donors (Lipinski definition) is 0. The Bertz CT molecular complexity index is 543. The van der Waals surface area contributed by atoms with Crippen LogP contribution in [0.4, 0.5) is 5.82 Å². The Morgan fingerprint density at radius 2 is 2.22 bits per heavy atom. The summed E-state index contributed by atoms with van der Waals surface area (Å²) in [5.74, 6) is 0.869. The van der Waals surface area contributed by atoms with E-state index < -0.39 is 0 Å². The molecule has 0 aromatic carbocycles. The van der Waals surface area contributed by atoms with Crippen molar-refractivity contribution in [2.24, 2.45) is 0 Å². The molecular formula is C12H16ClN3OS. The molecule has 0 aliphatic heterocycles. The molecule has 2 heterocycles. The highest BCUT2D eigenvalue weighted by atomic mass is 35.5. The fourth-order valence-electron chi connectivity index (χ4n) is 1.74. The van der Waals surface area contributed by atoms with E-state index in [0.717, 1.165) is 29.2 Å². The number of anilines is 1. The van der Waals surface area contributed by atoms with Gasteiger partial charge in [0.25, 0.3) is 0 Å². The van der Waals surface area contributed by atoms with Crippen LogP contribution in [0.2, 0.25) is 5.28 Å². The predicted octanol–water partition coefficient (Wildman–Crippen LogP) is 3.13. The molecule has 4 nitrogen and oxygen atoms in total. The number of hydrogen-bond acceptors (Lipinski definition) is 5. The van der Waals surface area contributed by atoms with Crippen LogP contribution in [0.25, 0.3) is 10.2 Å². The van der Waals surface area contributed by atoms with Crippen molar-refractivity contribution in [3.63, 3.8) is 0 Å². The first kappa shape index (κ1) is 13.5. The molecule has 0 radical (unpaired) electrons. The van der Waals surface area contributed by atoms with Gasteiger partial charge in [0.15, 0.2) is 0 Å². The SMILES string of the molecule is CCOCCN(C)c1nc(Cl)nc2sc(C)cc12. The molecular weight excluding hydrogens is 270 g/mol. The van der Waals surface area contributed by atoms with E-state index in [1.54, 1.807) is 11.3 Å². The molecule has 2 aromatic heterocycles. The second-order valence-corrected chi connectivity index (χ2v) is 5.58. The second kappa shape index (κ2) is 5.82. The summed E-state index contributed by atoms with van der Waals surface area (Å²) in [5, 5.41) is 1.35. The molecule has 0 aliphatic carbocycles. The predicted molar refractivity (Wildman–Crippen MR) is 76.9 cm³/mol. The van der Waals surface area contributed by atoms with Crippen LogP contribution < -0.4 is 4.90 Å². The van der Waals surface area contributed by atoms with E-state index in [0.29, 0.717) is 11.9 Å². The van der Waals surface area contributed by atoms with E-state index in [2.05, 4.69) is 27.9 Å². The number of rotatable bonds is 5. The summed E-state index contributed by atoms with van der Waals surface area (Å²) < 4.78 is 5.36. The molecule has 0 aliphatic rings. The van der Waals surface area contributed by atoms with Crippen LogP contribution >= 0.6 is 22.9 Å². The molecule has 6 heteroatoms. The average Bonchev–Trinajstić information content (AvgIpc) is 2.68. The molecule has 98 valence electrons. The minimum absolute atomic E-state index is 0.294. The van der Waals surface area contributed by atoms with Gasteiger partial charge in [0.2, 0.25) is 5.28 Å². The molecule has 0 bridgehead atoms. The Hall–Kier alpha value is -0.910. The number of fused-ring (bicyclic) bond motifs is 1. The molecule has 0 spiro atoms. The number of ether oxygens (including phenoxy) is 1. The Kier molecular flexibility index (Phi) is 4.37. The molecule has 0 saturated heterocycles. The van der Waals surface area contributed by atoms with Gasteiger partial charge < -0.3 is 9.64 Å². The van der Waals surface area contributed by atoms with Crippen molar-refractivity contribution in [2.45, 2.75) is 13.8 Å². The zero-order valence-electron chi connectivity index (χ0n) is 10.7. The maximum absolute atomic E-state index is 5.97. The first-order chi connectivity index (χ1) is 8.61. The summed E-state index contributed by atoms with van der Waals surface area (Å²) in [6, 6.07) is 2.10. The summed E-state index contributed by atoms with van der Waals surface area (Å²) in [6.07, 6.45) is 0. The third-order valence-corrected chi connectivity index (χ3v) is 3.72. The number of aromatic nitrogens is 2. The van der Waals surface area contributed by atoms with Gasteiger partial charge in [-0.1, -0.05) is 0 Å². The molecule has 0 amide bonds. The number of thiophene rings is 1. The van der Waals surface area contributed by atoms with Crippen LogP contribution in [0.5, 0.6) is 0 Å². The lowest BCUT2D eigenvalue weighted by Crippen LogP contribution is -2.23. The monoisotopic (exact) mass is 285 g/mol. The van der Waals surface area contributed by atoms with E-state index in [1.807, 2.05) is 14.0 Å². The number of nitrogens with zero attached hydrogens (tertiary/aromatic N) is 3. The van der Waals surface area contributed by atoms with Crippen LogP contribution in [0.1, 0.15) is 11.8 Å². The van der Waals surface area contributed by atoms with Crippen LogP contribution in [-0.4, -0.2) is 36.8 Å². The number of halogens is 1. The van der Waals surface area contributed by atoms with Crippen molar-refractivity contribution < 1.29 is 4.74 Å². The molecule has 2 rings (SSSR count). The highest BCUT2D eigenvalue weighted by Crippen LogP contribution is 2.30. The Morgan fingerprint density at radius 3 is 2.94 bits per heavy atom. The van der Waals surface area contributed by atoms with E-state index in [-0.39, 0.29) is 0 Å². The lowest BCUT2D eigenvalue weighted by Gasteiger charge is -2.18. The van der Waals surface area contributed by atoms with Gasteiger partial charge in [-0.2, -0.15) is 4.98 Å². The fraction of sp³-hybridized carbons (Fsp3) is 0.500. The maximum Gasteiger partial charge on any atom is 0.225 e. The van der Waals surface area contributed by atoms with Crippen molar-refractivity contribution in [1.29, 1.82) is 0 Å². The zero-order chi connectivity index (χ0) is 13.1. The maximum atomic E-state index is 5.97. The molecule has 0 unspecified atom stereocenters. The van der Waals surface area contributed by atoms with Crippen molar-refractivity contribution in [3.8, 4) is 0 Å². The fourth-order valence-corrected chi connectivity index (χ4v) is 2.83. The van der Waals surface area contributed by atoms with Gasteiger partial charge in [-0.15, -0.1) is 11.3 Å². The zero-order valence-corrected chi connectivity index (χ0v) is 12.3. The standard InChI is InChI=1S/C12H16ClN3OS/c1-4-17-6-5-16(3)10-9-7-8(2)18-11(9)15-12(13)14-10/h7H,4-6H2,1-3H3. The first-order valence-corrected chi connectivity index (χ1v) is 7.03. The summed E-state index contributed by atoms with van der Waals surface area (Å²) >= 11 is 7.60. The van der Waals surface area contributed by atoms with Crippen LogP contribution in [0.3, 0.4) is 0 Å². The Labute approximate surface area is 116 Å².